The molecule has 1 N–H and O–H groups in total. The maximum absolute atomic E-state index is 14.2. The first-order valence-corrected chi connectivity index (χ1v) is 9.00. The number of halogens is 1. The quantitative estimate of drug-likeness (QED) is 0.925. The number of anilines is 1. The van der Waals surface area contributed by atoms with Gasteiger partial charge in [0.15, 0.2) is 11.6 Å². The van der Waals surface area contributed by atoms with Crippen LogP contribution in [0.15, 0.2) is 6.20 Å². The lowest BCUT2D eigenvalue weighted by molar-refractivity contribution is 0.0500. The standard InChI is InChI=1S/C18H27FN4/c1-11-7-14(11)16-20-10-15(19)17(22-16)21-12-8-13-5-4-6-23(13)18(2,3)9-12/h10-14H,4-9H2,1-3H3,(H,20,21,22)/t11?,12?,13-,14?/m1/s1. The summed E-state index contributed by atoms with van der Waals surface area (Å²) in [5, 5.41) is 3.40. The zero-order chi connectivity index (χ0) is 16.2. The number of nitrogens with zero attached hydrogens (tertiary/aromatic N) is 3. The lowest BCUT2D eigenvalue weighted by Crippen LogP contribution is -2.55. The number of fused-ring (bicyclic) bond motifs is 1. The minimum atomic E-state index is -0.325. The lowest BCUT2D eigenvalue weighted by Gasteiger charge is -2.47. The third-order valence-corrected chi connectivity index (χ3v) is 6.00. The monoisotopic (exact) mass is 318 g/mol. The van der Waals surface area contributed by atoms with Gasteiger partial charge in [-0.25, -0.2) is 14.4 Å². The summed E-state index contributed by atoms with van der Waals surface area (Å²) in [7, 11) is 0. The van der Waals surface area contributed by atoms with Crippen molar-refractivity contribution in [3.05, 3.63) is 17.8 Å². The molecular weight excluding hydrogens is 291 g/mol. The Bertz CT molecular complexity index is 603. The number of nitrogens with one attached hydrogen (secondary N) is 1. The van der Waals surface area contributed by atoms with Crippen molar-refractivity contribution in [2.24, 2.45) is 5.92 Å². The Morgan fingerprint density at radius 1 is 1.35 bits per heavy atom. The van der Waals surface area contributed by atoms with Gasteiger partial charge in [-0.1, -0.05) is 6.92 Å². The molecule has 0 radical (unpaired) electrons. The van der Waals surface area contributed by atoms with Crippen molar-refractivity contribution in [1.82, 2.24) is 14.9 Å². The van der Waals surface area contributed by atoms with Gasteiger partial charge in [-0.15, -0.1) is 0 Å². The molecule has 3 heterocycles. The van der Waals surface area contributed by atoms with Crippen LogP contribution in [0.4, 0.5) is 10.2 Å². The Hall–Kier alpha value is -1.23. The summed E-state index contributed by atoms with van der Waals surface area (Å²) < 4.78 is 14.2. The second-order valence-corrected chi connectivity index (χ2v) is 8.33. The highest BCUT2D eigenvalue weighted by molar-refractivity contribution is 5.38. The van der Waals surface area contributed by atoms with Crippen LogP contribution < -0.4 is 5.32 Å². The summed E-state index contributed by atoms with van der Waals surface area (Å²) in [5.74, 6) is 1.94. The molecule has 4 nitrogen and oxygen atoms in total. The second kappa shape index (κ2) is 5.40. The van der Waals surface area contributed by atoms with Gasteiger partial charge in [0, 0.05) is 23.5 Å². The van der Waals surface area contributed by atoms with E-state index in [1.54, 1.807) is 0 Å². The van der Waals surface area contributed by atoms with Gasteiger partial charge in [0.2, 0.25) is 0 Å². The Labute approximate surface area is 137 Å². The van der Waals surface area contributed by atoms with Gasteiger partial charge in [0.25, 0.3) is 0 Å². The molecule has 23 heavy (non-hydrogen) atoms. The predicted octanol–water partition coefficient (Wildman–Crippen LogP) is 3.56. The van der Waals surface area contributed by atoms with Crippen molar-refractivity contribution in [3.63, 3.8) is 0 Å². The van der Waals surface area contributed by atoms with Crippen molar-refractivity contribution in [2.75, 3.05) is 11.9 Å². The summed E-state index contributed by atoms with van der Waals surface area (Å²) in [6, 6.07) is 0.919. The molecule has 0 spiro atoms. The van der Waals surface area contributed by atoms with E-state index in [0.717, 1.165) is 25.1 Å². The molecule has 4 rings (SSSR count). The molecule has 1 aromatic rings. The second-order valence-electron chi connectivity index (χ2n) is 8.33. The molecule has 1 aromatic heterocycles. The van der Waals surface area contributed by atoms with Gasteiger partial charge >= 0.3 is 0 Å². The molecule has 2 aliphatic heterocycles. The van der Waals surface area contributed by atoms with Crippen LogP contribution >= 0.6 is 0 Å². The summed E-state index contributed by atoms with van der Waals surface area (Å²) in [5.41, 5.74) is 0.175. The molecule has 126 valence electrons. The highest BCUT2D eigenvalue weighted by atomic mass is 19.1. The molecule has 2 saturated heterocycles. The molecular formula is C18H27FN4. The number of piperidine rings is 1. The molecule has 0 amide bonds. The van der Waals surface area contributed by atoms with E-state index in [1.807, 2.05) is 0 Å². The van der Waals surface area contributed by atoms with E-state index in [1.165, 1.54) is 25.6 Å². The van der Waals surface area contributed by atoms with E-state index < -0.39 is 0 Å². The molecule has 1 aliphatic carbocycles. The number of hydrogen-bond acceptors (Lipinski definition) is 4. The minimum Gasteiger partial charge on any atom is -0.365 e. The van der Waals surface area contributed by atoms with E-state index in [-0.39, 0.29) is 11.4 Å². The zero-order valence-electron chi connectivity index (χ0n) is 14.3. The SMILES string of the molecule is CC1CC1c1ncc(F)c(NC2C[C@H]3CCCN3C(C)(C)C2)n1. The van der Waals surface area contributed by atoms with Crippen molar-refractivity contribution in [1.29, 1.82) is 0 Å². The molecule has 5 heteroatoms. The Balaban J connectivity index is 1.51. The summed E-state index contributed by atoms with van der Waals surface area (Å²) in [6.45, 7) is 8.03. The van der Waals surface area contributed by atoms with Crippen molar-refractivity contribution >= 4 is 5.82 Å². The molecule has 3 unspecified atom stereocenters. The normalized spacial score (nSPS) is 35.8. The molecule has 3 aliphatic rings. The summed E-state index contributed by atoms with van der Waals surface area (Å²) >= 11 is 0. The molecule has 3 fully saturated rings. The zero-order valence-corrected chi connectivity index (χ0v) is 14.3. The fourth-order valence-corrected chi connectivity index (χ4v) is 4.66. The topological polar surface area (TPSA) is 41.1 Å². The van der Waals surface area contributed by atoms with Crippen LogP contribution in [0.3, 0.4) is 0 Å². The van der Waals surface area contributed by atoms with Crippen LogP contribution in [-0.4, -0.2) is 39.0 Å². The van der Waals surface area contributed by atoms with Crippen molar-refractivity contribution in [2.45, 2.75) is 76.4 Å². The predicted molar refractivity (Wildman–Crippen MR) is 89.0 cm³/mol. The largest absolute Gasteiger partial charge is 0.365 e. The van der Waals surface area contributed by atoms with E-state index in [4.69, 9.17) is 0 Å². The highest BCUT2D eigenvalue weighted by Crippen LogP contribution is 2.45. The lowest BCUT2D eigenvalue weighted by atomic mass is 9.84. The van der Waals surface area contributed by atoms with Crippen LogP contribution in [0.1, 0.15) is 64.6 Å². The van der Waals surface area contributed by atoms with Gasteiger partial charge in [0.05, 0.1) is 6.20 Å². The Morgan fingerprint density at radius 3 is 2.87 bits per heavy atom. The molecule has 0 aromatic carbocycles. The van der Waals surface area contributed by atoms with E-state index in [9.17, 15) is 4.39 Å². The Morgan fingerprint density at radius 2 is 2.13 bits per heavy atom. The highest BCUT2D eigenvalue weighted by Gasteiger charge is 2.43. The Kier molecular flexibility index (Phi) is 3.59. The van der Waals surface area contributed by atoms with Crippen LogP contribution in [0, 0.1) is 11.7 Å². The molecule has 4 atom stereocenters. The summed E-state index contributed by atoms with van der Waals surface area (Å²) in [6.07, 6.45) is 7.12. The van der Waals surface area contributed by atoms with Crippen LogP contribution in [0.2, 0.25) is 0 Å². The van der Waals surface area contributed by atoms with Gasteiger partial charge < -0.3 is 5.32 Å². The number of aromatic nitrogens is 2. The smallest absolute Gasteiger partial charge is 0.183 e. The number of hydrogen-bond donors (Lipinski definition) is 1. The third kappa shape index (κ3) is 2.84. The fourth-order valence-electron chi connectivity index (χ4n) is 4.66. The molecule has 0 bridgehead atoms. The first kappa shape index (κ1) is 15.3. The van der Waals surface area contributed by atoms with Gasteiger partial charge in [0.1, 0.15) is 5.82 Å². The first-order valence-electron chi connectivity index (χ1n) is 9.00. The minimum absolute atomic E-state index is 0.175. The molecule has 1 saturated carbocycles. The maximum Gasteiger partial charge on any atom is 0.183 e. The van der Waals surface area contributed by atoms with Gasteiger partial charge in [-0.3, -0.25) is 4.90 Å². The average molecular weight is 318 g/mol. The fraction of sp³-hybridized carbons (Fsp3) is 0.778. The third-order valence-electron chi connectivity index (χ3n) is 6.00. The van der Waals surface area contributed by atoms with Crippen LogP contribution in [-0.2, 0) is 0 Å². The number of rotatable bonds is 3. The van der Waals surface area contributed by atoms with Crippen molar-refractivity contribution in [3.8, 4) is 0 Å². The summed E-state index contributed by atoms with van der Waals surface area (Å²) in [4.78, 5) is 11.3. The average Bonchev–Trinajstić information content (AvgIpc) is 3.01. The van der Waals surface area contributed by atoms with E-state index in [2.05, 4.69) is 41.0 Å². The van der Waals surface area contributed by atoms with E-state index in [0.29, 0.717) is 29.7 Å². The van der Waals surface area contributed by atoms with Gasteiger partial charge in [-0.05, 0) is 58.4 Å². The van der Waals surface area contributed by atoms with Gasteiger partial charge in [-0.2, -0.15) is 0 Å². The first-order chi connectivity index (χ1) is 10.9. The maximum atomic E-state index is 14.2. The van der Waals surface area contributed by atoms with E-state index >= 15 is 0 Å². The van der Waals surface area contributed by atoms with Crippen LogP contribution in [0.25, 0.3) is 0 Å². The van der Waals surface area contributed by atoms with Crippen molar-refractivity contribution < 1.29 is 4.39 Å². The van der Waals surface area contributed by atoms with Crippen LogP contribution in [0.5, 0.6) is 0 Å².